The number of esters is 4. The molecular formula is C70H136O17P2. The van der Waals surface area contributed by atoms with Crippen molar-refractivity contribution in [2.45, 2.75) is 363 Å². The van der Waals surface area contributed by atoms with Crippen LogP contribution in [0.5, 0.6) is 0 Å². The molecule has 0 radical (unpaired) electrons. The smallest absolute Gasteiger partial charge is 0.462 e. The summed E-state index contributed by atoms with van der Waals surface area (Å²) in [7, 11) is -9.90. The van der Waals surface area contributed by atoms with Crippen molar-refractivity contribution in [1.82, 2.24) is 0 Å². The number of hydrogen-bond acceptors (Lipinski definition) is 15. The molecule has 0 saturated carbocycles. The number of carbonyl (C=O) groups is 4. The molecule has 0 aromatic rings. The van der Waals surface area contributed by atoms with Crippen LogP contribution in [-0.2, 0) is 65.4 Å². The number of unbranched alkanes of at least 4 members (excludes halogenated alkanes) is 32. The Labute approximate surface area is 543 Å². The first-order valence-corrected chi connectivity index (χ1v) is 39.2. The molecule has 0 fully saturated rings. The van der Waals surface area contributed by atoms with Crippen molar-refractivity contribution in [2.75, 3.05) is 39.6 Å². The van der Waals surface area contributed by atoms with Crippen LogP contribution in [0, 0.1) is 23.7 Å². The lowest BCUT2D eigenvalue weighted by Crippen LogP contribution is -2.30. The minimum atomic E-state index is -4.95. The zero-order valence-corrected chi connectivity index (χ0v) is 59.8. The third-order valence-corrected chi connectivity index (χ3v) is 18.3. The highest BCUT2D eigenvalue weighted by molar-refractivity contribution is 7.47. The van der Waals surface area contributed by atoms with E-state index >= 15 is 0 Å². The van der Waals surface area contributed by atoms with E-state index in [1.165, 1.54) is 141 Å². The Hall–Kier alpha value is -1.94. The minimum Gasteiger partial charge on any atom is -0.462 e. The maximum atomic E-state index is 13.0. The number of phosphoric acid groups is 2. The lowest BCUT2D eigenvalue weighted by Gasteiger charge is -2.21. The van der Waals surface area contributed by atoms with E-state index in [0.29, 0.717) is 31.6 Å². The zero-order chi connectivity index (χ0) is 66.1. The van der Waals surface area contributed by atoms with Crippen molar-refractivity contribution in [3.05, 3.63) is 0 Å². The van der Waals surface area contributed by atoms with E-state index < -0.39 is 97.5 Å². The summed E-state index contributed by atoms with van der Waals surface area (Å²) >= 11 is 0. The highest BCUT2D eigenvalue weighted by Crippen LogP contribution is 2.45. The summed E-state index contributed by atoms with van der Waals surface area (Å²) in [5, 5.41) is 10.6. The summed E-state index contributed by atoms with van der Waals surface area (Å²) in [4.78, 5) is 72.5. The normalized spacial score (nSPS) is 14.6. The van der Waals surface area contributed by atoms with Crippen LogP contribution in [0.15, 0.2) is 0 Å². The third kappa shape index (κ3) is 63.2. The number of phosphoric ester groups is 2. The van der Waals surface area contributed by atoms with Crippen LogP contribution in [0.1, 0.15) is 344 Å². The fraction of sp³-hybridized carbons (Fsp3) is 0.943. The van der Waals surface area contributed by atoms with Crippen LogP contribution in [0.2, 0.25) is 0 Å². The molecule has 0 bridgehead atoms. The number of rotatable bonds is 67. The van der Waals surface area contributed by atoms with Crippen molar-refractivity contribution in [2.24, 2.45) is 23.7 Å². The second-order valence-corrected chi connectivity index (χ2v) is 29.8. The van der Waals surface area contributed by atoms with Gasteiger partial charge in [-0.15, -0.1) is 0 Å². The van der Waals surface area contributed by atoms with Gasteiger partial charge < -0.3 is 33.8 Å². The van der Waals surface area contributed by atoms with E-state index in [-0.39, 0.29) is 25.7 Å². The second kappa shape index (κ2) is 59.8. The SMILES string of the molecule is CCC(C)CCCCCCCCCCC(=O)OC[C@H](COP(=O)(O)OCC(O)COP(=O)(O)OC[C@@H](COC(=O)CCCCCCCCCC(C)C)OC(=O)CCCCCCCCCCCCCC(C)C)OC(=O)CCCCCCCCCCCCC(C)C. The Bertz CT molecular complexity index is 1770. The van der Waals surface area contributed by atoms with Crippen LogP contribution in [0.4, 0.5) is 0 Å². The molecule has 0 aliphatic rings. The number of ether oxygens (including phenoxy) is 4. The number of carbonyl (C=O) groups excluding carboxylic acids is 4. The van der Waals surface area contributed by atoms with Crippen molar-refractivity contribution < 1.29 is 80.2 Å². The Morgan fingerprint density at radius 1 is 0.315 bits per heavy atom. The largest absolute Gasteiger partial charge is 0.472 e. The van der Waals surface area contributed by atoms with Gasteiger partial charge in [0, 0.05) is 25.7 Å². The molecule has 17 nitrogen and oxygen atoms in total. The summed E-state index contributed by atoms with van der Waals surface area (Å²) in [6.07, 6.45) is 41.7. The molecular weight excluding hydrogens is 1170 g/mol. The van der Waals surface area contributed by atoms with Crippen LogP contribution in [0.3, 0.4) is 0 Å². The first kappa shape index (κ1) is 87.1. The van der Waals surface area contributed by atoms with Gasteiger partial charge in [-0.05, 0) is 49.4 Å². The average Bonchev–Trinajstić information content (AvgIpc) is 3.68. The predicted octanol–water partition coefficient (Wildman–Crippen LogP) is 19.7. The lowest BCUT2D eigenvalue weighted by atomic mass is 9.99. The molecule has 0 heterocycles. The lowest BCUT2D eigenvalue weighted by molar-refractivity contribution is -0.161. The van der Waals surface area contributed by atoms with Crippen LogP contribution in [-0.4, -0.2) is 96.7 Å². The van der Waals surface area contributed by atoms with Gasteiger partial charge in [0.1, 0.15) is 19.3 Å². The van der Waals surface area contributed by atoms with E-state index in [4.69, 9.17) is 37.0 Å². The molecule has 528 valence electrons. The number of aliphatic hydroxyl groups excluding tert-OH is 1. The summed E-state index contributed by atoms with van der Waals surface area (Å²) in [6, 6.07) is 0. The van der Waals surface area contributed by atoms with Gasteiger partial charge in [-0.25, -0.2) is 9.13 Å². The molecule has 19 heteroatoms. The number of aliphatic hydroxyl groups is 1. The fourth-order valence-electron chi connectivity index (χ4n) is 10.5. The molecule has 6 atom stereocenters. The Balaban J connectivity index is 5.27. The molecule has 3 N–H and O–H groups in total. The molecule has 89 heavy (non-hydrogen) atoms. The quantitative estimate of drug-likeness (QED) is 0.0222. The first-order valence-electron chi connectivity index (χ1n) is 36.2. The number of hydrogen-bond donors (Lipinski definition) is 3. The first-order chi connectivity index (χ1) is 42.6. The monoisotopic (exact) mass is 1310 g/mol. The van der Waals surface area contributed by atoms with Gasteiger partial charge in [-0.1, -0.05) is 293 Å². The maximum absolute atomic E-state index is 13.0. The molecule has 0 saturated heterocycles. The van der Waals surface area contributed by atoms with Crippen molar-refractivity contribution in [3.8, 4) is 0 Å². The molecule has 0 aliphatic carbocycles. The maximum Gasteiger partial charge on any atom is 0.472 e. The van der Waals surface area contributed by atoms with Gasteiger partial charge >= 0.3 is 39.5 Å². The zero-order valence-electron chi connectivity index (χ0n) is 58.1. The topological polar surface area (TPSA) is 237 Å². The van der Waals surface area contributed by atoms with Crippen LogP contribution >= 0.6 is 15.6 Å². The molecule has 0 rings (SSSR count). The van der Waals surface area contributed by atoms with Crippen molar-refractivity contribution in [1.29, 1.82) is 0 Å². The Morgan fingerprint density at radius 2 is 0.539 bits per heavy atom. The summed E-state index contributed by atoms with van der Waals surface area (Å²) < 4.78 is 68.3. The highest BCUT2D eigenvalue weighted by Gasteiger charge is 2.30. The molecule has 0 aromatic heterocycles. The highest BCUT2D eigenvalue weighted by atomic mass is 31.2. The summed E-state index contributed by atoms with van der Waals surface area (Å²) in [5.74, 6) is 0.870. The Kier molecular flexibility index (Phi) is 58.5. The van der Waals surface area contributed by atoms with Gasteiger partial charge in [0.25, 0.3) is 0 Å². The van der Waals surface area contributed by atoms with E-state index in [9.17, 15) is 43.2 Å². The van der Waals surface area contributed by atoms with Gasteiger partial charge in [0.2, 0.25) is 0 Å². The fourth-order valence-corrected chi connectivity index (χ4v) is 12.0. The van der Waals surface area contributed by atoms with Gasteiger partial charge in [0.05, 0.1) is 26.4 Å². The minimum absolute atomic E-state index is 0.105. The van der Waals surface area contributed by atoms with E-state index in [1.54, 1.807) is 0 Å². The molecule has 0 spiro atoms. The third-order valence-electron chi connectivity index (χ3n) is 16.4. The van der Waals surface area contributed by atoms with Gasteiger partial charge in [-0.3, -0.25) is 37.3 Å². The summed E-state index contributed by atoms with van der Waals surface area (Å²) in [5.41, 5.74) is 0. The molecule has 4 unspecified atom stereocenters. The van der Waals surface area contributed by atoms with Gasteiger partial charge in [-0.2, -0.15) is 0 Å². The van der Waals surface area contributed by atoms with Gasteiger partial charge in [0.15, 0.2) is 12.2 Å². The summed E-state index contributed by atoms with van der Waals surface area (Å²) in [6.45, 7) is 14.1. The predicted molar refractivity (Wildman–Crippen MR) is 358 cm³/mol. The standard InChI is InChI=1S/C70H136O17P2/c1-9-63(8)49-41-33-25-19-20-26-34-42-50-67(72)80-56-65(86-70(75)53-45-37-28-18-14-13-16-23-31-39-47-61(4)5)58-84-88(76,77)82-54-64(71)55-83-89(78,79)85-59-66(57-81-68(73)51-43-35-29-21-24-32-40-48-62(6)7)87-69(74)52-44-36-27-17-12-10-11-15-22-30-38-46-60(2)3/h60-66,71H,9-59H2,1-8H3,(H,76,77)(H,78,79)/t63?,64?,65-,66-/m1/s1. The molecule has 0 aliphatic heterocycles. The Morgan fingerprint density at radius 3 is 0.798 bits per heavy atom. The van der Waals surface area contributed by atoms with Crippen LogP contribution in [0.25, 0.3) is 0 Å². The molecule has 0 amide bonds. The van der Waals surface area contributed by atoms with E-state index in [1.807, 2.05) is 0 Å². The van der Waals surface area contributed by atoms with Crippen LogP contribution < -0.4 is 0 Å². The average molecular weight is 1310 g/mol. The van der Waals surface area contributed by atoms with E-state index in [2.05, 4.69) is 55.4 Å². The second-order valence-electron chi connectivity index (χ2n) is 26.9. The molecule has 0 aromatic carbocycles. The van der Waals surface area contributed by atoms with Crippen molar-refractivity contribution in [3.63, 3.8) is 0 Å². The van der Waals surface area contributed by atoms with E-state index in [0.717, 1.165) is 114 Å². The van der Waals surface area contributed by atoms with Crippen molar-refractivity contribution >= 4 is 39.5 Å².